The predicted octanol–water partition coefficient (Wildman–Crippen LogP) is 2.56. The number of halogens is 1. The molecular weight excluding hydrogens is 295 g/mol. The predicted molar refractivity (Wildman–Crippen MR) is 75.2 cm³/mol. The minimum absolute atomic E-state index is 0.398. The van der Waals surface area contributed by atoms with E-state index >= 15 is 0 Å². The van der Waals surface area contributed by atoms with Crippen LogP contribution in [-0.2, 0) is 9.31 Å². The molecule has 18 heavy (non-hydrogen) atoms. The molecule has 1 aromatic rings. The van der Waals surface area contributed by atoms with E-state index in [1.54, 1.807) is 6.07 Å². The van der Waals surface area contributed by atoms with Gasteiger partial charge in [-0.3, -0.25) is 4.79 Å². The van der Waals surface area contributed by atoms with Crippen molar-refractivity contribution in [3.8, 4) is 0 Å². The van der Waals surface area contributed by atoms with Gasteiger partial charge < -0.3 is 9.31 Å². The smallest absolute Gasteiger partial charge is 0.399 e. The molecule has 1 fully saturated rings. The molecule has 0 aromatic heterocycles. The summed E-state index contributed by atoms with van der Waals surface area (Å²) in [6.07, 6.45) is 0.825. The fourth-order valence-electron chi connectivity index (χ4n) is 1.83. The van der Waals surface area contributed by atoms with Gasteiger partial charge in [0.2, 0.25) is 0 Å². The van der Waals surface area contributed by atoms with E-state index in [4.69, 9.17) is 9.31 Å². The standard InChI is InChI=1S/C13H16BBrO3/c1-12(2)13(3,4)18-14(17-12)11-6-5-10(15)7-9(11)8-16/h5-8H,1-4H3. The van der Waals surface area contributed by atoms with Crippen molar-refractivity contribution >= 4 is 34.8 Å². The Morgan fingerprint density at radius 1 is 1.17 bits per heavy atom. The highest BCUT2D eigenvalue weighted by Crippen LogP contribution is 2.36. The van der Waals surface area contributed by atoms with E-state index in [1.165, 1.54) is 0 Å². The number of carbonyl (C=O) groups excluding carboxylic acids is 1. The summed E-state index contributed by atoms with van der Waals surface area (Å²) in [7, 11) is -0.497. The van der Waals surface area contributed by atoms with Crippen LogP contribution in [0.1, 0.15) is 38.1 Å². The van der Waals surface area contributed by atoms with E-state index in [0.717, 1.165) is 16.2 Å². The molecule has 1 saturated heterocycles. The Labute approximate surface area is 116 Å². The second kappa shape index (κ2) is 4.47. The molecule has 0 unspecified atom stereocenters. The van der Waals surface area contributed by atoms with Crippen molar-refractivity contribution in [2.75, 3.05) is 0 Å². The first-order chi connectivity index (χ1) is 8.27. The average Bonchev–Trinajstić information content (AvgIpc) is 2.47. The number of carbonyl (C=O) groups is 1. The van der Waals surface area contributed by atoms with Gasteiger partial charge in [0.05, 0.1) is 11.2 Å². The Balaban J connectivity index is 2.38. The van der Waals surface area contributed by atoms with Crippen molar-refractivity contribution in [1.29, 1.82) is 0 Å². The normalized spacial score (nSPS) is 21.1. The molecule has 5 heteroatoms. The summed E-state index contributed by atoms with van der Waals surface area (Å²) in [4.78, 5) is 11.1. The number of benzene rings is 1. The minimum Gasteiger partial charge on any atom is -0.399 e. The van der Waals surface area contributed by atoms with Crippen molar-refractivity contribution in [3.05, 3.63) is 28.2 Å². The van der Waals surface area contributed by atoms with Crippen LogP contribution in [0.5, 0.6) is 0 Å². The van der Waals surface area contributed by atoms with Crippen LogP contribution in [0.15, 0.2) is 22.7 Å². The van der Waals surface area contributed by atoms with Crippen LogP contribution in [0.25, 0.3) is 0 Å². The maximum Gasteiger partial charge on any atom is 0.495 e. The highest BCUT2D eigenvalue weighted by molar-refractivity contribution is 9.10. The summed E-state index contributed by atoms with van der Waals surface area (Å²) in [5, 5.41) is 0. The zero-order valence-electron chi connectivity index (χ0n) is 11.0. The topological polar surface area (TPSA) is 35.5 Å². The SMILES string of the molecule is CC1(C)OB(c2ccc(Br)cc2C=O)OC1(C)C. The number of hydrogen-bond donors (Lipinski definition) is 0. The van der Waals surface area contributed by atoms with Crippen molar-refractivity contribution in [2.45, 2.75) is 38.9 Å². The molecular formula is C13H16BBrO3. The molecule has 2 rings (SSSR count). The quantitative estimate of drug-likeness (QED) is 0.622. The van der Waals surface area contributed by atoms with Crippen LogP contribution in [0.2, 0.25) is 0 Å². The summed E-state index contributed by atoms with van der Waals surface area (Å²) in [6, 6.07) is 5.51. The van der Waals surface area contributed by atoms with Gasteiger partial charge in [-0.25, -0.2) is 0 Å². The molecule has 1 aliphatic heterocycles. The first-order valence-corrected chi connectivity index (χ1v) is 6.66. The second-order valence-electron chi connectivity index (χ2n) is 5.48. The van der Waals surface area contributed by atoms with Crippen molar-refractivity contribution in [2.24, 2.45) is 0 Å². The van der Waals surface area contributed by atoms with Gasteiger partial charge in [0.1, 0.15) is 6.29 Å². The number of rotatable bonds is 2. The van der Waals surface area contributed by atoms with Gasteiger partial charge in [-0.2, -0.15) is 0 Å². The maximum absolute atomic E-state index is 11.1. The maximum atomic E-state index is 11.1. The molecule has 0 radical (unpaired) electrons. The third kappa shape index (κ3) is 2.27. The molecule has 0 bridgehead atoms. The highest BCUT2D eigenvalue weighted by atomic mass is 79.9. The van der Waals surface area contributed by atoms with Gasteiger partial charge in [-0.05, 0) is 45.3 Å². The van der Waals surface area contributed by atoms with Gasteiger partial charge in [0, 0.05) is 10.0 Å². The lowest BCUT2D eigenvalue weighted by Crippen LogP contribution is -2.41. The molecule has 1 heterocycles. The van der Waals surface area contributed by atoms with Crippen LogP contribution in [0.3, 0.4) is 0 Å². The number of hydrogen-bond acceptors (Lipinski definition) is 3. The molecule has 0 atom stereocenters. The van der Waals surface area contributed by atoms with Crippen molar-refractivity contribution in [1.82, 2.24) is 0 Å². The van der Waals surface area contributed by atoms with Gasteiger partial charge in [-0.15, -0.1) is 0 Å². The van der Waals surface area contributed by atoms with Crippen LogP contribution in [0, 0.1) is 0 Å². The van der Waals surface area contributed by atoms with E-state index in [2.05, 4.69) is 15.9 Å². The van der Waals surface area contributed by atoms with Crippen molar-refractivity contribution < 1.29 is 14.1 Å². The minimum atomic E-state index is -0.497. The molecule has 0 N–H and O–H groups in total. The molecule has 1 aliphatic rings. The summed E-state index contributed by atoms with van der Waals surface area (Å²) in [6.45, 7) is 7.97. The summed E-state index contributed by atoms with van der Waals surface area (Å²) in [5.74, 6) is 0. The van der Waals surface area contributed by atoms with Crippen LogP contribution >= 0.6 is 15.9 Å². The fraction of sp³-hybridized carbons (Fsp3) is 0.462. The molecule has 0 amide bonds. The third-order valence-corrected chi connectivity index (χ3v) is 4.18. The van der Waals surface area contributed by atoms with Gasteiger partial charge in [-0.1, -0.05) is 22.0 Å². The van der Waals surface area contributed by atoms with Gasteiger partial charge in [0.25, 0.3) is 0 Å². The zero-order chi connectivity index (χ0) is 13.6. The van der Waals surface area contributed by atoms with Crippen LogP contribution < -0.4 is 5.46 Å². The fourth-order valence-corrected chi connectivity index (χ4v) is 2.21. The Morgan fingerprint density at radius 3 is 2.22 bits per heavy atom. The summed E-state index contributed by atoms with van der Waals surface area (Å²) >= 11 is 3.35. The molecule has 1 aromatic carbocycles. The largest absolute Gasteiger partial charge is 0.495 e. The first-order valence-electron chi connectivity index (χ1n) is 5.87. The molecule has 96 valence electrons. The van der Waals surface area contributed by atoms with E-state index < -0.39 is 18.3 Å². The second-order valence-corrected chi connectivity index (χ2v) is 6.40. The Morgan fingerprint density at radius 2 is 1.72 bits per heavy atom. The van der Waals surface area contributed by atoms with Gasteiger partial charge >= 0.3 is 7.12 Å². The summed E-state index contributed by atoms with van der Waals surface area (Å²) in [5.41, 5.74) is 0.560. The lowest BCUT2D eigenvalue weighted by molar-refractivity contribution is 0.00578. The Kier molecular flexibility index (Phi) is 3.43. The highest BCUT2D eigenvalue weighted by Gasteiger charge is 2.52. The molecule has 0 aliphatic carbocycles. The van der Waals surface area contributed by atoms with Gasteiger partial charge in [0.15, 0.2) is 0 Å². The lowest BCUT2D eigenvalue weighted by atomic mass is 9.76. The van der Waals surface area contributed by atoms with E-state index in [1.807, 2.05) is 39.8 Å². The number of aldehydes is 1. The van der Waals surface area contributed by atoms with Crippen LogP contribution in [-0.4, -0.2) is 24.6 Å². The zero-order valence-corrected chi connectivity index (χ0v) is 12.6. The van der Waals surface area contributed by atoms with Crippen LogP contribution in [0.4, 0.5) is 0 Å². The van der Waals surface area contributed by atoms with E-state index in [9.17, 15) is 4.79 Å². The van der Waals surface area contributed by atoms with Crippen molar-refractivity contribution in [3.63, 3.8) is 0 Å². The first kappa shape index (κ1) is 13.8. The Hall–Kier alpha value is -0.645. The third-order valence-electron chi connectivity index (χ3n) is 3.68. The average molecular weight is 311 g/mol. The molecule has 0 saturated carbocycles. The lowest BCUT2D eigenvalue weighted by Gasteiger charge is -2.32. The molecule has 0 spiro atoms. The monoisotopic (exact) mass is 310 g/mol. The van der Waals surface area contributed by atoms with E-state index in [0.29, 0.717) is 5.56 Å². The molecule has 3 nitrogen and oxygen atoms in total. The van der Waals surface area contributed by atoms with E-state index in [-0.39, 0.29) is 0 Å². The summed E-state index contributed by atoms with van der Waals surface area (Å²) < 4.78 is 12.7. The Bertz CT molecular complexity index is 469.